The predicted octanol–water partition coefficient (Wildman–Crippen LogP) is 1.37. The molecule has 0 bridgehead atoms. The van der Waals surface area contributed by atoms with Crippen LogP contribution in [0.25, 0.3) is 0 Å². The van der Waals surface area contributed by atoms with Gasteiger partial charge in [-0.15, -0.1) is 0 Å². The van der Waals surface area contributed by atoms with Crippen LogP contribution >= 0.6 is 0 Å². The maximum atomic E-state index is 11.9. The minimum atomic E-state index is -0.535. The highest BCUT2D eigenvalue weighted by molar-refractivity contribution is 6.06. The van der Waals surface area contributed by atoms with Crippen LogP contribution in [0.5, 0.6) is 0 Å². The van der Waals surface area contributed by atoms with Crippen molar-refractivity contribution in [2.45, 2.75) is 20.3 Å². The highest BCUT2D eigenvalue weighted by atomic mass is 16.6. The summed E-state index contributed by atoms with van der Waals surface area (Å²) < 4.78 is 4.62. The van der Waals surface area contributed by atoms with Crippen molar-refractivity contribution >= 4 is 28.9 Å². The fraction of sp³-hybridized carbons (Fsp3) is 0.357. The van der Waals surface area contributed by atoms with Crippen LogP contribution in [0.2, 0.25) is 0 Å². The molecule has 0 aliphatic heterocycles. The van der Waals surface area contributed by atoms with Crippen molar-refractivity contribution < 1.29 is 19.2 Å². The number of nitro benzene ring substituents is 1. The van der Waals surface area contributed by atoms with E-state index in [1.807, 2.05) is 0 Å². The van der Waals surface area contributed by atoms with E-state index in [1.165, 1.54) is 19.2 Å². The molecule has 1 rings (SSSR count). The van der Waals surface area contributed by atoms with E-state index in [4.69, 9.17) is 0 Å². The van der Waals surface area contributed by atoms with E-state index in [2.05, 4.69) is 20.6 Å². The van der Waals surface area contributed by atoms with Gasteiger partial charge >= 0.3 is 0 Å². The van der Waals surface area contributed by atoms with E-state index in [-0.39, 0.29) is 18.7 Å². The van der Waals surface area contributed by atoms with Crippen molar-refractivity contribution in [1.29, 1.82) is 0 Å². The summed E-state index contributed by atoms with van der Waals surface area (Å²) in [6, 6.07) is 4.21. The van der Waals surface area contributed by atoms with Gasteiger partial charge in [0.1, 0.15) is 6.61 Å². The van der Waals surface area contributed by atoms with Crippen LogP contribution in [-0.4, -0.2) is 36.2 Å². The number of ether oxygens (including phenoxy) is 1. The number of carbonyl (C=O) groups excluding carboxylic acids is 2. The van der Waals surface area contributed by atoms with Crippen molar-refractivity contribution in [2.24, 2.45) is 5.10 Å². The molecule has 2 N–H and O–H groups in total. The zero-order valence-electron chi connectivity index (χ0n) is 13.1. The summed E-state index contributed by atoms with van der Waals surface area (Å²) in [5.74, 6) is -0.822. The first-order chi connectivity index (χ1) is 10.8. The van der Waals surface area contributed by atoms with E-state index in [0.717, 1.165) is 0 Å². The smallest absolute Gasteiger partial charge is 0.271 e. The number of benzene rings is 1. The molecule has 0 fully saturated rings. The number of rotatable bonds is 7. The average Bonchev–Trinajstić information content (AvgIpc) is 2.47. The van der Waals surface area contributed by atoms with Crippen LogP contribution in [-0.2, 0) is 14.3 Å². The molecule has 0 saturated heterocycles. The van der Waals surface area contributed by atoms with E-state index < -0.39 is 16.7 Å². The maximum Gasteiger partial charge on any atom is 0.271 e. The Bertz CT molecular complexity index is 642. The van der Waals surface area contributed by atoms with E-state index in [1.54, 1.807) is 19.9 Å². The van der Waals surface area contributed by atoms with E-state index in [9.17, 15) is 19.7 Å². The van der Waals surface area contributed by atoms with Gasteiger partial charge in [0.2, 0.25) is 5.91 Å². The van der Waals surface area contributed by atoms with Crippen LogP contribution in [0.15, 0.2) is 23.3 Å². The minimum absolute atomic E-state index is 0.0601. The number of nitrogens with zero attached hydrogens (tertiary/aromatic N) is 2. The Morgan fingerprint density at radius 2 is 2.04 bits per heavy atom. The Morgan fingerprint density at radius 3 is 2.65 bits per heavy atom. The summed E-state index contributed by atoms with van der Waals surface area (Å²) in [7, 11) is 1.38. The molecule has 0 heterocycles. The van der Waals surface area contributed by atoms with Gasteiger partial charge in [-0.25, -0.2) is 5.43 Å². The van der Waals surface area contributed by atoms with Gasteiger partial charge in [-0.1, -0.05) is 6.07 Å². The largest absolute Gasteiger partial charge is 0.375 e. The van der Waals surface area contributed by atoms with Gasteiger partial charge in [0, 0.05) is 25.0 Å². The molecule has 0 aliphatic carbocycles. The second-order valence-corrected chi connectivity index (χ2v) is 4.80. The Hall–Kier alpha value is -2.81. The zero-order valence-corrected chi connectivity index (χ0v) is 13.1. The standard InChI is InChI=1S/C14H18N4O5/c1-9-4-5-11(18(21)22)7-12(9)15-13(19)6-10(2)16-17-14(20)8-23-3/h4-5,7H,6,8H2,1-3H3,(H,15,19)(H,17,20). The quantitative estimate of drug-likeness (QED) is 0.446. The van der Waals surface area contributed by atoms with Crippen LogP contribution in [0, 0.1) is 17.0 Å². The highest BCUT2D eigenvalue weighted by Crippen LogP contribution is 2.21. The predicted molar refractivity (Wildman–Crippen MR) is 84.2 cm³/mol. The number of anilines is 1. The molecule has 23 heavy (non-hydrogen) atoms. The van der Waals surface area contributed by atoms with Crippen LogP contribution in [0.4, 0.5) is 11.4 Å². The van der Waals surface area contributed by atoms with Crippen LogP contribution < -0.4 is 10.7 Å². The van der Waals surface area contributed by atoms with Crippen molar-refractivity contribution in [3.63, 3.8) is 0 Å². The first-order valence-electron chi connectivity index (χ1n) is 6.69. The number of nitrogens with one attached hydrogen (secondary N) is 2. The lowest BCUT2D eigenvalue weighted by Crippen LogP contribution is -2.24. The lowest BCUT2D eigenvalue weighted by molar-refractivity contribution is -0.384. The summed E-state index contributed by atoms with van der Waals surface area (Å²) in [5, 5.41) is 17.1. The van der Waals surface area contributed by atoms with Crippen molar-refractivity contribution in [3.05, 3.63) is 33.9 Å². The molecule has 0 atom stereocenters. The molecular weight excluding hydrogens is 304 g/mol. The lowest BCUT2D eigenvalue weighted by Gasteiger charge is -2.08. The normalized spacial score (nSPS) is 11.0. The number of non-ortho nitro benzene ring substituents is 1. The second-order valence-electron chi connectivity index (χ2n) is 4.80. The highest BCUT2D eigenvalue weighted by Gasteiger charge is 2.12. The zero-order chi connectivity index (χ0) is 17.4. The molecule has 9 nitrogen and oxygen atoms in total. The lowest BCUT2D eigenvalue weighted by atomic mass is 10.1. The Morgan fingerprint density at radius 1 is 1.35 bits per heavy atom. The number of nitro groups is 1. The monoisotopic (exact) mass is 322 g/mol. The molecule has 9 heteroatoms. The molecule has 1 aromatic carbocycles. The molecule has 0 unspecified atom stereocenters. The topological polar surface area (TPSA) is 123 Å². The third-order valence-electron chi connectivity index (χ3n) is 2.77. The Balaban J connectivity index is 2.66. The average molecular weight is 322 g/mol. The third-order valence-corrected chi connectivity index (χ3v) is 2.77. The first kappa shape index (κ1) is 18.2. The SMILES string of the molecule is COCC(=O)NN=C(C)CC(=O)Nc1cc([N+](=O)[O-])ccc1C. The van der Waals surface area contributed by atoms with E-state index in [0.29, 0.717) is 17.0 Å². The molecule has 0 saturated carbocycles. The van der Waals surface area contributed by atoms with Gasteiger partial charge < -0.3 is 10.1 Å². The number of amides is 2. The fourth-order valence-electron chi connectivity index (χ4n) is 1.65. The van der Waals surface area contributed by atoms with Gasteiger partial charge in [-0.05, 0) is 19.4 Å². The summed E-state index contributed by atoms with van der Waals surface area (Å²) in [6.07, 6.45) is -0.0601. The van der Waals surface area contributed by atoms with E-state index >= 15 is 0 Å². The summed E-state index contributed by atoms with van der Waals surface area (Å²) in [4.78, 5) is 33.3. The summed E-state index contributed by atoms with van der Waals surface area (Å²) in [5.41, 5.74) is 3.58. The Labute approximate surface area is 132 Å². The second kappa shape index (κ2) is 8.59. The number of carbonyl (C=O) groups is 2. The third kappa shape index (κ3) is 6.22. The van der Waals surface area contributed by atoms with Gasteiger partial charge in [-0.3, -0.25) is 19.7 Å². The Kier molecular flexibility index (Phi) is 6.81. The maximum absolute atomic E-state index is 11.9. The molecule has 0 aromatic heterocycles. The molecule has 124 valence electrons. The molecular formula is C14H18N4O5. The molecule has 0 radical (unpaired) electrons. The number of hydrazone groups is 1. The number of aryl methyl sites for hydroxylation is 1. The fourth-order valence-corrected chi connectivity index (χ4v) is 1.65. The summed E-state index contributed by atoms with van der Waals surface area (Å²) in [6.45, 7) is 3.17. The van der Waals surface area contributed by atoms with Gasteiger partial charge in [-0.2, -0.15) is 5.10 Å². The summed E-state index contributed by atoms with van der Waals surface area (Å²) >= 11 is 0. The van der Waals surface area contributed by atoms with Crippen LogP contribution in [0.1, 0.15) is 18.9 Å². The van der Waals surface area contributed by atoms with Crippen molar-refractivity contribution in [1.82, 2.24) is 5.43 Å². The first-order valence-corrected chi connectivity index (χ1v) is 6.69. The van der Waals surface area contributed by atoms with Crippen LogP contribution in [0.3, 0.4) is 0 Å². The van der Waals surface area contributed by atoms with Gasteiger partial charge in [0.25, 0.3) is 11.6 Å². The molecule has 2 amide bonds. The molecule has 0 aliphatic rings. The molecule has 0 spiro atoms. The van der Waals surface area contributed by atoms with Gasteiger partial charge in [0.15, 0.2) is 0 Å². The van der Waals surface area contributed by atoms with Crippen molar-refractivity contribution in [2.75, 3.05) is 19.0 Å². The number of hydrogen-bond acceptors (Lipinski definition) is 6. The number of hydrogen-bond donors (Lipinski definition) is 2. The van der Waals surface area contributed by atoms with Gasteiger partial charge in [0.05, 0.1) is 17.0 Å². The molecule has 1 aromatic rings. The number of methoxy groups -OCH3 is 1. The van der Waals surface area contributed by atoms with Crippen molar-refractivity contribution in [3.8, 4) is 0 Å². The minimum Gasteiger partial charge on any atom is -0.375 e.